The van der Waals surface area contributed by atoms with Gasteiger partial charge in [-0.1, -0.05) is 561 Å². The van der Waals surface area contributed by atoms with Crippen LogP contribution >= 0.6 is 0 Å². The molecule has 0 nitrogen and oxygen atoms in total. The maximum atomic E-state index is 2.57. The van der Waals surface area contributed by atoms with Gasteiger partial charge in [-0.05, 0) is 87.4 Å². The molecule has 0 amide bonds. The van der Waals surface area contributed by atoms with Gasteiger partial charge < -0.3 is 0 Å². The summed E-state index contributed by atoms with van der Waals surface area (Å²) in [6.45, 7) is 16.6. The van der Waals surface area contributed by atoms with Crippen LogP contribution in [0, 0.1) is 16.7 Å². The van der Waals surface area contributed by atoms with Crippen molar-refractivity contribution >= 4 is 0 Å². The van der Waals surface area contributed by atoms with E-state index in [-0.39, 0.29) is 0 Å². The summed E-state index contributed by atoms with van der Waals surface area (Å²) in [7, 11) is 0. The number of hydrogen-bond acceptors (Lipinski definition) is 0. The van der Waals surface area contributed by atoms with Crippen molar-refractivity contribution in [3.63, 3.8) is 0 Å². The van der Waals surface area contributed by atoms with Crippen LogP contribution in [0.15, 0.2) is 12.2 Å². The van der Waals surface area contributed by atoms with Crippen molar-refractivity contribution < 1.29 is 0 Å². The van der Waals surface area contributed by atoms with E-state index in [0.29, 0.717) is 10.8 Å². The summed E-state index contributed by atoms with van der Waals surface area (Å²) < 4.78 is 0. The summed E-state index contributed by atoms with van der Waals surface area (Å²) in [6.07, 6.45) is 137. The first-order chi connectivity index (χ1) is 50.1. The van der Waals surface area contributed by atoms with Crippen molar-refractivity contribution in [3.8, 4) is 0 Å². The molecule has 0 heteroatoms. The lowest BCUT2D eigenvalue weighted by Gasteiger charge is -2.57. The topological polar surface area (TPSA) is 0 Å². The van der Waals surface area contributed by atoms with E-state index in [2.05, 4.69) is 60.6 Å². The zero-order valence-electron chi connectivity index (χ0n) is 72.7. The highest BCUT2D eigenvalue weighted by molar-refractivity contribution is 5.02. The molecule has 0 N–H and O–H groups in total. The van der Waals surface area contributed by atoms with Gasteiger partial charge in [0.2, 0.25) is 0 Å². The summed E-state index contributed by atoms with van der Waals surface area (Å²) in [5.74, 6) is 0.925. The van der Waals surface area contributed by atoms with Crippen LogP contribution < -0.4 is 0 Å². The van der Waals surface area contributed by atoms with Crippen LogP contribution in [0.25, 0.3) is 0 Å². The molecule has 0 saturated heterocycles. The van der Waals surface area contributed by atoms with E-state index in [0.717, 1.165) is 5.92 Å². The molecule has 0 aromatic carbocycles. The second-order valence-electron chi connectivity index (χ2n) is 35.3. The molecule has 3 atom stereocenters. The molecule has 3 unspecified atom stereocenters. The number of rotatable bonds is 92. The van der Waals surface area contributed by atoms with Crippen LogP contribution in [0.2, 0.25) is 0 Å². The van der Waals surface area contributed by atoms with Crippen molar-refractivity contribution in [2.75, 3.05) is 0 Å². The maximum Gasteiger partial charge on any atom is -0.0213 e. The lowest BCUT2D eigenvalue weighted by molar-refractivity contribution is -0.0763. The highest BCUT2D eigenvalue weighted by Crippen LogP contribution is 2.62. The van der Waals surface area contributed by atoms with E-state index in [9.17, 15) is 0 Å². The molecule has 0 aromatic rings. The van der Waals surface area contributed by atoms with Gasteiger partial charge in [-0.15, -0.1) is 0 Å². The number of hydrogen-bond donors (Lipinski definition) is 0. The van der Waals surface area contributed by atoms with Crippen molar-refractivity contribution in [1.82, 2.24) is 0 Å². The molecule has 0 fully saturated rings. The van der Waals surface area contributed by atoms with Crippen molar-refractivity contribution in [2.24, 2.45) is 16.7 Å². The minimum Gasteiger partial charge on any atom is -0.0885 e. The Labute approximate surface area is 645 Å². The Kier molecular flexibility index (Phi) is 86.7. The molecular weight excluding hydrogens is 1210 g/mol. The van der Waals surface area contributed by atoms with Crippen LogP contribution in [0.3, 0.4) is 0 Å². The molecule has 0 aromatic heterocycles. The molecule has 0 radical (unpaired) electrons. The fourth-order valence-corrected chi connectivity index (χ4v) is 19.0. The first kappa shape index (κ1) is 101. The monoisotopic (exact) mass is 1420 g/mol. The standard InChI is InChI=1S/C101H202/c1-8-15-22-29-36-42-48-52-55-56-59-64-70-77-84-91-98-101(97-90-83-76-69-63-58-54-50-44-38-31-24-17-10-3,99(92-85-78-71-35-28-21-14-7)93-86-79-72-65-47-41-34-27-20-13-6)100(94-87-80-73-66-60-46-40-33-26-19-12-5,95-88-81-74-67-61-51-45-39-32-25-18-11-4)96-89-82-75-68-62-57-53-49-43-37-30-23-16-9-2/h52,55,99H,8-51,53-54,56-98H2,1-7H3/b55-52-. The van der Waals surface area contributed by atoms with Gasteiger partial charge in [0.05, 0.1) is 0 Å². The molecule has 0 rings (SSSR count). The predicted molar refractivity (Wildman–Crippen MR) is 468 cm³/mol. The van der Waals surface area contributed by atoms with Gasteiger partial charge in [0.15, 0.2) is 0 Å². The highest BCUT2D eigenvalue weighted by Gasteiger charge is 2.52. The first-order valence-corrected chi connectivity index (χ1v) is 49.7. The van der Waals surface area contributed by atoms with E-state index in [1.165, 1.54) is 527 Å². The van der Waals surface area contributed by atoms with Gasteiger partial charge in [-0.3, -0.25) is 0 Å². The maximum absolute atomic E-state index is 2.57. The molecule has 0 bridgehead atoms. The summed E-state index contributed by atoms with van der Waals surface area (Å²) in [4.78, 5) is 0. The zero-order valence-corrected chi connectivity index (χ0v) is 72.7. The average molecular weight is 1420 g/mol. The van der Waals surface area contributed by atoms with E-state index in [4.69, 9.17) is 0 Å². The van der Waals surface area contributed by atoms with Gasteiger partial charge in [-0.25, -0.2) is 0 Å². The van der Waals surface area contributed by atoms with Crippen LogP contribution in [-0.2, 0) is 0 Å². The molecule has 0 aliphatic heterocycles. The van der Waals surface area contributed by atoms with E-state index in [1.54, 1.807) is 44.9 Å². The van der Waals surface area contributed by atoms with Crippen LogP contribution in [0.4, 0.5) is 0 Å². The van der Waals surface area contributed by atoms with Gasteiger partial charge >= 0.3 is 0 Å². The lowest BCUT2D eigenvalue weighted by atomic mass is 9.47. The Morgan fingerprint density at radius 3 is 0.465 bits per heavy atom. The molecular formula is C101H202. The largest absolute Gasteiger partial charge is 0.0885 e. The van der Waals surface area contributed by atoms with Crippen LogP contribution in [-0.4, -0.2) is 0 Å². The molecule has 0 aliphatic carbocycles. The van der Waals surface area contributed by atoms with E-state index < -0.39 is 0 Å². The molecule has 0 spiro atoms. The van der Waals surface area contributed by atoms with Gasteiger partial charge in [0, 0.05) is 0 Å². The predicted octanol–water partition coefficient (Wildman–Crippen LogP) is 39.0. The highest BCUT2D eigenvalue weighted by atomic mass is 14.6. The second-order valence-corrected chi connectivity index (χ2v) is 35.3. The van der Waals surface area contributed by atoms with Crippen molar-refractivity contribution in [1.29, 1.82) is 0 Å². The third-order valence-electron chi connectivity index (χ3n) is 25.8. The van der Waals surface area contributed by atoms with E-state index in [1.807, 2.05) is 0 Å². The number of unbranched alkanes of at least 4 members (excludes halogenated alkanes) is 74. The summed E-state index contributed by atoms with van der Waals surface area (Å²) >= 11 is 0. The van der Waals surface area contributed by atoms with E-state index >= 15 is 0 Å². The zero-order chi connectivity index (χ0) is 72.9. The van der Waals surface area contributed by atoms with Crippen molar-refractivity contribution in [3.05, 3.63) is 12.2 Å². The third-order valence-corrected chi connectivity index (χ3v) is 25.8. The molecule has 101 heavy (non-hydrogen) atoms. The van der Waals surface area contributed by atoms with Gasteiger partial charge in [-0.2, -0.15) is 0 Å². The average Bonchev–Trinajstić information content (AvgIpc) is 0.752. The molecule has 0 aliphatic rings. The van der Waals surface area contributed by atoms with Gasteiger partial charge in [0.25, 0.3) is 0 Å². The van der Waals surface area contributed by atoms with Crippen LogP contribution in [0.5, 0.6) is 0 Å². The second kappa shape index (κ2) is 87.0. The quantitative estimate of drug-likeness (QED) is 0.0421. The minimum atomic E-state index is 0.499. The lowest BCUT2D eigenvalue weighted by Crippen LogP contribution is -2.48. The smallest absolute Gasteiger partial charge is 0.0213 e. The molecule has 0 heterocycles. The Hall–Kier alpha value is -0.260. The summed E-state index contributed by atoms with van der Waals surface area (Å²) in [5.41, 5.74) is 1.00. The summed E-state index contributed by atoms with van der Waals surface area (Å²) in [6, 6.07) is 0. The Morgan fingerprint density at radius 1 is 0.149 bits per heavy atom. The molecule has 0 saturated carbocycles. The fraction of sp³-hybridized carbons (Fsp3) is 0.980. The SMILES string of the molecule is CCCCCCCC/C=C\CCCCCCCCC(CCCCCCCCCCCCCCCC)(C(CCCCCCCCC)CCCCCCCCCCCC)C(CCCCCCCCCCCCC)(CCCCCCCCCCCCCC)CCCCCCCCCCCCCCCC. The number of allylic oxidation sites excluding steroid dienone is 2. The van der Waals surface area contributed by atoms with Gasteiger partial charge in [0.1, 0.15) is 0 Å². The first-order valence-electron chi connectivity index (χ1n) is 49.7. The molecule has 606 valence electrons. The minimum absolute atomic E-state index is 0.499. The fourth-order valence-electron chi connectivity index (χ4n) is 19.0. The Morgan fingerprint density at radius 2 is 0.287 bits per heavy atom. The Bertz CT molecular complexity index is 1470. The van der Waals surface area contributed by atoms with Crippen LogP contribution in [0.1, 0.15) is 620 Å². The Balaban J connectivity index is 7.62. The third kappa shape index (κ3) is 68.7. The summed E-state index contributed by atoms with van der Waals surface area (Å²) in [5, 5.41) is 0. The van der Waals surface area contributed by atoms with Crippen molar-refractivity contribution in [2.45, 2.75) is 620 Å². The normalized spacial score (nSPS) is 13.5.